The molecule has 0 atom stereocenters. The third kappa shape index (κ3) is 3.51. The van der Waals surface area contributed by atoms with Crippen LogP contribution in [-0.2, 0) is 11.3 Å². The van der Waals surface area contributed by atoms with Gasteiger partial charge in [-0.3, -0.25) is 14.2 Å². The molecule has 1 N–H and O–H groups in total. The summed E-state index contributed by atoms with van der Waals surface area (Å²) in [7, 11) is 0. The number of hydrogen-bond donors (Lipinski definition) is 1. The van der Waals surface area contributed by atoms with Crippen molar-refractivity contribution in [2.75, 3.05) is 26.2 Å². The lowest BCUT2D eigenvalue weighted by Gasteiger charge is -2.18. The number of rotatable bonds is 7. The van der Waals surface area contributed by atoms with E-state index in [9.17, 15) is 9.59 Å². The van der Waals surface area contributed by atoms with Crippen LogP contribution in [-0.4, -0.2) is 51.7 Å². The summed E-state index contributed by atoms with van der Waals surface area (Å²) in [6.07, 6.45) is 1.30. The molecule has 0 unspecified atom stereocenters. The van der Waals surface area contributed by atoms with E-state index in [-0.39, 0.29) is 23.7 Å². The van der Waals surface area contributed by atoms with Gasteiger partial charge in [0.05, 0.1) is 5.69 Å². The zero-order chi connectivity index (χ0) is 16.1. The first-order valence-corrected chi connectivity index (χ1v) is 7.37. The Morgan fingerprint density at radius 2 is 2.14 bits per heavy atom. The molecule has 0 bridgehead atoms. The minimum Gasteiger partial charge on any atom is -0.353 e. The molecule has 2 aromatic rings. The van der Waals surface area contributed by atoms with Gasteiger partial charge in [-0.15, -0.1) is 0 Å². The predicted molar refractivity (Wildman–Crippen MR) is 81.6 cm³/mol. The molecule has 0 radical (unpaired) electrons. The van der Waals surface area contributed by atoms with Crippen molar-refractivity contribution in [1.82, 2.24) is 24.9 Å². The van der Waals surface area contributed by atoms with Crippen molar-refractivity contribution in [3.8, 4) is 0 Å². The van der Waals surface area contributed by atoms with E-state index in [1.807, 2.05) is 0 Å². The Balaban J connectivity index is 1.99. The number of amides is 1. The SMILES string of the molecule is CCN(CC)CCNC(=O)Cn1cnc2onc(C)c2c1=O. The Bertz CT molecular complexity index is 702. The maximum atomic E-state index is 12.3. The number of fused-ring (bicyclic) bond motifs is 1. The van der Waals surface area contributed by atoms with Crippen molar-refractivity contribution < 1.29 is 9.32 Å². The van der Waals surface area contributed by atoms with E-state index in [0.29, 0.717) is 17.6 Å². The fraction of sp³-hybridized carbons (Fsp3) is 0.571. The first kappa shape index (κ1) is 16.2. The van der Waals surface area contributed by atoms with Crippen LogP contribution in [0.15, 0.2) is 15.6 Å². The highest BCUT2D eigenvalue weighted by molar-refractivity contribution is 5.77. The summed E-state index contributed by atoms with van der Waals surface area (Å²) in [4.78, 5) is 30.4. The molecule has 2 heterocycles. The van der Waals surface area contributed by atoms with E-state index < -0.39 is 0 Å². The molecule has 2 rings (SSSR count). The van der Waals surface area contributed by atoms with E-state index >= 15 is 0 Å². The standard InChI is InChI=1S/C14H21N5O3/c1-4-18(5-2)7-6-15-11(20)8-19-9-16-13-12(14(19)21)10(3)17-22-13/h9H,4-8H2,1-3H3,(H,15,20). The fourth-order valence-corrected chi connectivity index (χ4v) is 2.23. The van der Waals surface area contributed by atoms with Gasteiger partial charge in [0.25, 0.3) is 11.3 Å². The molecular weight excluding hydrogens is 286 g/mol. The van der Waals surface area contributed by atoms with Gasteiger partial charge in [0.1, 0.15) is 18.3 Å². The molecule has 120 valence electrons. The lowest BCUT2D eigenvalue weighted by atomic mass is 10.3. The Labute approximate surface area is 128 Å². The van der Waals surface area contributed by atoms with Crippen molar-refractivity contribution in [3.05, 3.63) is 22.4 Å². The van der Waals surface area contributed by atoms with E-state index in [4.69, 9.17) is 4.52 Å². The third-order valence-corrected chi connectivity index (χ3v) is 3.59. The van der Waals surface area contributed by atoms with Gasteiger partial charge in [-0.1, -0.05) is 19.0 Å². The quantitative estimate of drug-likeness (QED) is 0.782. The van der Waals surface area contributed by atoms with Crippen LogP contribution in [0.1, 0.15) is 19.5 Å². The van der Waals surface area contributed by atoms with Crippen molar-refractivity contribution in [1.29, 1.82) is 0 Å². The highest BCUT2D eigenvalue weighted by Gasteiger charge is 2.13. The molecule has 8 heteroatoms. The predicted octanol–water partition coefficient (Wildman–Crippen LogP) is 0.151. The number of likely N-dealkylation sites (N-methyl/N-ethyl adjacent to an activating group) is 1. The maximum absolute atomic E-state index is 12.3. The summed E-state index contributed by atoms with van der Waals surface area (Å²) in [6, 6.07) is 0. The first-order chi connectivity index (χ1) is 10.6. The van der Waals surface area contributed by atoms with Gasteiger partial charge in [0.2, 0.25) is 5.91 Å². The van der Waals surface area contributed by atoms with Crippen LogP contribution < -0.4 is 10.9 Å². The van der Waals surface area contributed by atoms with E-state index in [1.54, 1.807) is 6.92 Å². The normalized spacial score (nSPS) is 11.3. The molecule has 0 aromatic carbocycles. The first-order valence-electron chi connectivity index (χ1n) is 7.37. The minimum atomic E-state index is -0.317. The Kier molecular flexibility index (Phi) is 5.26. The summed E-state index contributed by atoms with van der Waals surface area (Å²) in [5.74, 6) is -0.218. The van der Waals surface area contributed by atoms with Gasteiger partial charge in [-0.05, 0) is 20.0 Å². The molecule has 8 nitrogen and oxygen atoms in total. The molecule has 0 fully saturated rings. The maximum Gasteiger partial charge on any atom is 0.267 e. The van der Waals surface area contributed by atoms with Crippen LogP contribution in [0.4, 0.5) is 0 Å². The second-order valence-corrected chi connectivity index (χ2v) is 5.00. The molecule has 0 spiro atoms. The molecule has 0 aliphatic carbocycles. The number of nitrogens with one attached hydrogen (secondary N) is 1. The van der Waals surface area contributed by atoms with Gasteiger partial charge in [-0.25, -0.2) is 4.98 Å². The number of hydrogen-bond acceptors (Lipinski definition) is 6. The minimum absolute atomic E-state index is 0.0648. The van der Waals surface area contributed by atoms with E-state index in [0.717, 1.165) is 19.6 Å². The molecule has 0 saturated heterocycles. The molecule has 2 aromatic heterocycles. The highest BCUT2D eigenvalue weighted by Crippen LogP contribution is 2.09. The van der Waals surface area contributed by atoms with Gasteiger partial charge >= 0.3 is 0 Å². The summed E-state index contributed by atoms with van der Waals surface area (Å²) in [6.45, 7) is 8.99. The largest absolute Gasteiger partial charge is 0.353 e. The van der Waals surface area contributed by atoms with Gasteiger partial charge in [0, 0.05) is 13.1 Å². The number of carbonyl (C=O) groups excluding carboxylic acids is 1. The number of carbonyl (C=O) groups is 1. The Hall–Kier alpha value is -2.22. The second kappa shape index (κ2) is 7.17. The van der Waals surface area contributed by atoms with Crippen molar-refractivity contribution in [2.45, 2.75) is 27.3 Å². The van der Waals surface area contributed by atoms with Crippen molar-refractivity contribution >= 4 is 17.0 Å². The van der Waals surface area contributed by atoms with Crippen LogP contribution >= 0.6 is 0 Å². The topological polar surface area (TPSA) is 93.3 Å². The Morgan fingerprint density at radius 1 is 1.41 bits per heavy atom. The lowest BCUT2D eigenvalue weighted by molar-refractivity contribution is -0.121. The van der Waals surface area contributed by atoms with E-state index in [2.05, 4.69) is 34.2 Å². The number of aryl methyl sites for hydroxylation is 1. The van der Waals surface area contributed by atoms with Gasteiger partial charge in [-0.2, -0.15) is 0 Å². The number of aromatic nitrogens is 3. The monoisotopic (exact) mass is 307 g/mol. The third-order valence-electron chi connectivity index (χ3n) is 3.59. The van der Waals surface area contributed by atoms with Crippen LogP contribution in [0.5, 0.6) is 0 Å². The van der Waals surface area contributed by atoms with Gasteiger partial charge < -0.3 is 14.7 Å². The lowest BCUT2D eigenvalue weighted by Crippen LogP contribution is -2.37. The molecule has 0 aliphatic rings. The zero-order valence-corrected chi connectivity index (χ0v) is 13.1. The van der Waals surface area contributed by atoms with Crippen LogP contribution in [0.2, 0.25) is 0 Å². The summed E-state index contributed by atoms with van der Waals surface area (Å²) in [5.41, 5.74) is 0.354. The Morgan fingerprint density at radius 3 is 2.82 bits per heavy atom. The smallest absolute Gasteiger partial charge is 0.267 e. The average Bonchev–Trinajstić information content (AvgIpc) is 2.88. The van der Waals surface area contributed by atoms with Crippen LogP contribution in [0.25, 0.3) is 11.1 Å². The second-order valence-electron chi connectivity index (χ2n) is 5.00. The van der Waals surface area contributed by atoms with Gasteiger partial charge in [0.15, 0.2) is 0 Å². The molecule has 0 saturated carbocycles. The highest BCUT2D eigenvalue weighted by atomic mass is 16.5. The summed E-state index contributed by atoms with van der Waals surface area (Å²) < 4.78 is 6.19. The van der Waals surface area contributed by atoms with E-state index in [1.165, 1.54) is 10.9 Å². The van der Waals surface area contributed by atoms with Crippen LogP contribution in [0, 0.1) is 6.92 Å². The summed E-state index contributed by atoms with van der Waals surface area (Å²) >= 11 is 0. The van der Waals surface area contributed by atoms with Crippen LogP contribution in [0.3, 0.4) is 0 Å². The fourth-order valence-electron chi connectivity index (χ4n) is 2.23. The molecular formula is C14H21N5O3. The number of nitrogens with zero attached hydrogens (tertiary/aromatic N) is 4. The van der Waals surface area contributed by atoms with Crippen molar-refractivity contribution in [2.24, 2.45) is 0 Å². The molecule has 0 aliphatic heterocycles. The average molecular weight is 307 g/mol. The van der Waals surface area contributed by atoms with Crippen molar-refractivity contribution in [3.63, 3.8) is 0 Å². The summed E-state index contributed by atoms with van der Waals surface area (Å²) in [5, 5.41) is 6.83. The molecule has 22 heavy (non-hydrogen) atoms. The zero-order valence-electron chi connectivity index (χ0n) is 13.1. The molecule has 1 amide bonds.